The molecule has 1 aromatic heterocycles. The van der Waals surface area contributed by atoms with E-state index in [-0.39, 0.29) is 37.0 Å². The SMILES string of the molecule is CC(C)(C)OC(=O)NCCCC[C@H](CC(=O)[C@@H]1C[C@@H](OCC=C2CCCC2)CN1C(=O)[C@@H](CCc1ccccc1)NC(=O)OCC1CC1)C(O)c1nc2ccccc2o1. The maximum Gasteiger partial charge on any atom is 0.407 e. The first-order chi connectivity index (χ1) is 28.4. The van der Waals surface area contributed by atoms with E-state index in [1.807, 2.05) is 42.5 Å². The Bertz CT molecular complexity index is 1840. The number of carbonyl (C=O) groups excluding carboxylic acids is 4. The van der Waals surface area contributed by atoms with E-state index in [2.05, 4.69) is 21.7 Å². The highest BCUT2D eigenvalue weighted by atomic mass is 16.6. The topological polar surface area (TPSA) is 170 Å². The highest BCUT2D eigenvalue weighted by Gasteiger charge is 2.43. The van der Waals surface area contributed by atoms with Crippen LogP contribution < -0.4 is 10.6 Å². The number of aryl methyl sites for hydroxylation is 1. The number of para-hydroxylation sites is 2. The number of fused-ring (bicyclic) bond motifs is 1. The van der Waals surface area contributed by atoms with Crippen LogP contribution in [0.15, 0.2) is 70.7 Å². The number of hydrogen-bond donors (Lipinski definition) is 3. The summed E-state index contributed by atoms with van der Waals surface area (Å²) >= 11 is 0. The van der Waals surface area contributed by atoms with Gasteiger partial charge in [-0.05, 0) is 109 Å². The van der Waals surface area contributed by atoms with E-state index in [4.69, 9.17) is 18.6 Å². The zero-order valence-electron chi connectivity index (χ0n) is 34.9. The number of amides is 3. The second-order valence-corrected chi connectivity index (χ2v) is 17.3. The molecule has 320 valence electrons. The van der Waals surface area contributed by atoms with Gasteiger partial charge in [0, 0.05) is 31.8 Å². The number of oxazole rings is 1. The summed E-state index contributed by atoms with van der Waals surface area (Å²) in [5.74, 6) is -0.719. The van der Waals surface area contributed by atoms with Gasteiger partial charge in [-0.25, -0.2) is 14.6 Å². The molecule has 2 heterocycles. The lowest BCUT2D eigenvalue weighted by atomic mass is 9.88. The van der Waals surface area contributed by atoms with Gasteiger partial charge in [-0.15, -0.1) is 0 Å². The quantitative estimate of drug-likeness (QED) is 0.0757. The second kappa shape index (κ2) is 21.0. The van der Waals surface area contributed by atoms with Gasteiger partial charge in [-0.3, -0.25) is 9.59 Å². The molecule has 1 aliphatic heterocycles. The fraction of sp³-hybridized carbons (Fsp3) is 0.587. The summed E-state index contributed by atoms with van der Waals surface area (Å²) in [5, 5.41) is 17.4. The minimum Gasteiger partial charge on any atom is -0.449 e. The van der Waals surface area contributed by atoms with Crippen LogP contribution in [0.25, 0.3) is 11.1 Å². The van der Waals surface area contributed by atoms with Crippen molar-refractivity contribution in [2.75, 3.05) is 26.3 Å². The van der Waals surface area contributed by atoms with Crippen molar-refractivity contribution < 1.29 is 42.9 Å². The number of aromatic nitrogens is 1. The zero-order valence-corrected chi connectivity index (χ0v) is 34.9. The molecule has 3 fully saturated rings. The molecule has 6 rings (SSSR count). The number of rotatable bonds is 20. The predicted molar refractivity (Wildman–Crippen MR) is 222 cm³/mol. The van der Waals surface area contributed by atoms with E-state index >= 15 is 0 Å². The average Bonchev–Trinajstić information content (AvgIpc) is 3.53. The summed E-state index contributed by atoms with van der Waals surface area (Å²) in [6, 6.07) is 15.2. The highest BCUT2D eigenvalue weighted by Crippen LogP contribution is 2.34. The lowest BCUT2D eigenvalue weighted by Gasteiger charge is -2.30. The molecular formula is C46H62N4O9. The monoisotopic (exact) mass is 814 g/mol. The van der Waals surface area contributed by atoms with Crippen LogP contribution in [0.1, 0.15) is 115 Å². The molecule has 13 nitrogen and oxygen atoms in total. The molecule has 3 amide bonds. The normalized spacial score (nSPS) is 19.6. The molecule has 1 saturated heterocycles. The molecule has 1 unspecified atom stereocenters. The van der Waals surface area contributed by atoms with Crippen LogP contribution in [0.5, 0.6) is 0 Å². The van der Waals surface area contributed by atoms with Crippen LogP contribution in [0.2, 0.25) is 0 Å². The molecule has 0 spiro atoms. The summed E-state index contributed by atoms with van der Waals surface area (Å²) in [6.45, 7) is 6.64. The van der Waals surface area contributed by atoms with Gasteiger partial charge in [0.25, 0.3) is 0 Å². The summed E-state index contributed by atoms with van der Waals surface area (Å²) in [5.41, 5.74) is 2.89. The second-order valence-electron chi connectivity index (χ2n) is 17.3. The number of ketones is 1. The summed E-state index contributed by atoms with van der Waals surface area (Å²) in [4.78, 5) is 60.7. The number of benzene rings is 2. The Hall–Kier alpha value is -4.75. The Morgan fingerprint density at radius 1 is 0.983 bits per heavy atom. The minimum atomic E-state index is -1.21. The molecule has 13 heteroatoms. The zero-order chi connectivity index (χ0) is 41.8. The predicted octanol–water partition coefficient (Wildman–Crippen LogP) is 7.76. The molecule has 2 aliphatic carbocycles. The highest BCUT2D eigenvalue weighted by molar-refractivity contribution is 5.93. The van der Waals surface area contributed by atoms with Gasteiger partial charge < -0.3 is 39.3 Å². The van der Waals surface area contributed by atoms with E-state index < -0.39 is 48.0 Å². The summed E-state index contributed by atoms with van der Waals surface area (Å²) < 4.78 is 23.2. The number of allylic oxidation sites excluding steroid dienone is 1. The van der Waals surface area contributed by atoms with Crippen molar-refractivity contribution in [3.8, 4) is 0 Å². The van der Waals surface area contributed by atoms with Gasteiger partial charge in [-0.1, -0.05) is 60.5 Å². The number of ether oxygens (including phenoxy) is 3. The van der Waals surface area contributed by atoms with Gasteiger partial charge in [-0.2, -0.15) is 0 Å². The largest absolute Gasteiger partial charge is 0.449 e. The number of aliphatic hydroxyl groups is 1. The van der Waals surface area contributed by atoms with Crippen LogP contribution in [-0.2, 0) is 30.2 Å². The molecule has 0 radical (unpaired) electrons. The third kappa shape index (κ3) is 13.6. The van der Waals surface area contributed by atoms with Crippen molar-refractivity contribution in [3.63, 3.8) is 0 Å². The van der Waals surface area contributed by atoms with Crippen molar-refractivity contribution in [1.82, 2.24) is 20.5 Å². The van der Waals surface area contributed by atoms with E-state index in [1.165, 1.54) is 18.4 Å². The lowest BCUT2D eigenvalue weighted by Crippen LogP contribution is -2.52. The molecule has 2 aromatic carbocycles. The smallest absolute Gasteiger partial charge is 0.407 e. The standard InChI is InChI=1S/C46H62N4O9/c1-46(2,3)59-44(54)47-25-12-11-17-34(41(52)42-48-36-18-9-10-19-40(36)58-42)27-39(51)38-28-35(56-26-24-32-15-7-8-16-32)29-50(38)43(53)37(23-22-31-13-5-4-6-14-31)49-45(55)57-30-33-20-21-33/h4-6,9-10,13-14,18-19,24,33-35,37-38,41,52H,7-8,11-12,15-17,20-23,25-30H2,1-3H3,(H,47,54)(H,49,55)/t34-,35-,37-,38+,41?/m1/s1. The van der Waals surface area contributed by atoms with Gasteiger partial charge in [0.05, 0.1) is 25.4 Å². The number of hydrogen-bond acceptors (Lipinski definition) is 10. The molecule has 5 atom stereocenters. The third-order valence-corrected chi connectivity index (χ3v) is 11.3. The Morgan fingerprint density at radius 2 is 1.73 bits per heavy atom. The fourth-order valence-corrected chi connectivity index (χ4v) is 7.90. The van der Waals surface area contributed by atoms with Crippen molar-refractivity contribution in [2.45, 2.75) is 134 Å². The van der Waals surface area contributed by atoms with Crippen LogP contribution in [0.3, 0.4) is 0 Å². The number of carbonyl (C=O) groups is 4. The summed E-state index contributed by atoms with van der Waals surface area (Å²) in [7, 11) is 0. The van der Waals surface area contributed by atoms with Gasteiger partial charge in [0.2, 0.25) is 11.8 Å². The number of unbranched alkanes of at least 4 members (excludes halogenated alkanes) is 1. The Kier molecular flexibility index (Phi) is 15.6. The van der Waals surface area contributed by atoms with Crippen molar-refractivity contribution in [3.05, 3.63) is 77.7 Å². The maximum absolute atomic E-state index is 14.6. The number of aliphatic hydroxyl groups excluding tert-OH is 1. The third-order valence-electron chi connectivity index (χ3n) is 11.3. The molecule has 3 aromatic rings. The number of likely N-dealkylation sites (tertiary alicyclic amines) is 1. The Labute approximate surface area is 347 Å². The van der Waals surface area contributed by atoms with Crippen molar-refractivity contribution in [1.29, 1.82) is 0 Å². The Balaban J connectivity index is 1.19. The van der Waals surface area contributed by atoms with E-state index in [0.29, 0.717) is 68.9 Å². The van der Waals surface area contributed by atoms with E-state index in [1.54, 1.807) is 37.8 Å². The van der Waals surface area contributed by atoms with Gasteiger partial charge in [0.1, 0.15) is 23.3 Å². The number of nitrogens with one attached hydrogen (secondary N) is 2. The van der Waals surface area contributed by atoms with Gasteiger partial charge in [0.15, 0.2) is 11.4 Å². The van der Waals surface area contributed by atoms with E-state index in [0.717, 1.165) is 31.2 Å². The number of alkyl carbamates (subject to hydrolysis) is 2. The maximum atomic E-state index is 14.6. The first-order valence-corrected chi connectivity index (χ1v) is 21.5. The molecular weight excluding hydrogens is 753 g/mol. The average molecular weight is 815 g/mol. The van der Waals surface area contributed by atoms with Crippen molar-refractivity contribution in [2.24, 2.45) is 11.8 Å². The first-order valence-electron chi connectivity index (χ1n) is 21.5. The van der Waals surface area contributed by atoms with E-state index in [9.17, 15) is 24.3 Å². The van der Waals surface area contributed by atoms with Crippen LogP contribution in [0, 0.1) is 11.8 Å². The summed E-state index contributed by atoms with van der Waals surface area (Å²) in [6.07, 6.45) is 8.51. The van der Waals surface area contributed by atoms with Crippen molar-refractivity contribution >= 4 is 35.0 Å². The number of nitrogens with zero attached hydrogens (tertiary/aromatic N) is 2. The molecule has 3 N–H and O–H groups in total. The van der Waals surface area contributed by atoms with Crippen LogP contribution >= 0.6 is 0 Å². The van der Waals surface area contributed by atoms with Gasteiger partial charge >= 0.3 is 12.2 Å². The number of Topliss-reactive ketones (excluding diaryl/α,β-unsaturated/α-hetero) is 1. The fourth-order valence-electron chi connectivity index (χ4n) is 7.90. The van der Waals surface area contributed by atoms with Crippen LogP contribution in [-0.4, -0.2) is 89.0 Å². The first kappa shape index (κ1) is 43.8. The molecule has 59 heavy (non-hydrogen) atoms. The molecule has 3 aliphatic rings. The van der Waals surface area contributed by atoms with Crippen LogP contribution in [0.4, 0.5) is 9.59 Å². The molecule has 2 saturated carbocycles. The lowest BCUT2D eigenvalue weighted by molar-refractivity contribution is -0.140. The minimum absolute atomic E-state index is 0.0594. The molecule has 0 bridgehead atoms. The Morgan fingerprint density at radius 3 is 2.46 bits per heavy atom.